The average Bonchev–Trinajstić information content (AvgIpc) is 2.03. The lowest BCUT2D eigenvalue weighted by Crippen LogP contribution is -2.60. The molecule has 0 aliphatic carbocycles. The van der Waals surface area contributed by atoms with Crippen LogP contribution in [0.5, 0.6) is 0 Å². The fourth-order valence-electron chi connectivity index (χ4n) is 0.917. The highest BCUT2D eigenvalue weighted by atomic mass is 19.4. The number of carbonyl (C=O) groups excluding carboxylic acids is 1. The number of ether oxygens (including phenoxy) is 1. The van der Waals surface area contributed by atoms with Crippen molar-refractivity contribution < 1.29 is 22.7 Å². The lowest BCUT2D eigenvalue weighted by atomic mass is 10.0. The predicted molar refractivity (Wildman–Crippen MR) is 44.8 cm³/mol. The van der Waals surface area contributed by atoms with Crippen molar-refractivity contribution in [2.24, 2.45) is 0 Å². The molecule has 1 atom stereocenters. The minimum atomic E-state index is -4.66. The number of halogens is 3. The Labute approximate surface area is 80.6 Å². The highest BCUT2D eigenvalue weighted by Crippen LogP contribution is 2.31. The third-order valence-corrected chi connectivity index (χ3v) is 1.78. The summed E-state index contributed by atoms with van der Waals surface area (Å²) in [6.45, 7) is 3.68. The van der Waals surface area contributed by atoms with Gasteiger partial charge in [0.2, 0.25) is 5.54 Å². The van der Waals surface area contributed by atoms with E-state index in [-0.39, 0.29) is 13.2 Å². The molecule has 6 heteroatoms. The molecule has 14 heavy (non-hydrogen) atoms. The summed E-state index contributed by atoms with van der Waals surface area (Å²) < 4.78 is 41.9. The van der Waals surface area contributed by atoms with Gasteiger partial charge in [0.15, 0.2) is 0 Å². The number of nitrogens with one attached hydrogen (secondary N) is 1. The van der Waals surface area contributed by atoms with Crippen molar-refractivity contribution in [2.75, 3.05) is 13.2 Å². The molecule has 1 N–H and O–H groups in total. The molecule has 1 unspecified atom stereocenters. The molecule has 0 aromatic heterocycles. The fraction of sp³-hybridized carbons (Fsp3) is 0.875. The molecule has 84 valence electrons. The molecule has 0 aliphatic heterocycles. The van der Waals surface area contributed by atoms with E-state index in [0.29, 0.717) is 0 Å². The summed E-state index contributed by atoms with van der Waals surface area (Å²) in [4.78, 5) is 11.1. The fourth-order valence-corrected chi connectivity index (χ4v) is 0.917. The van der Waals surface area contributed by atoms with Crippen LogP contribution in [0.4, 0.5) is 13.2 Å². The van der Waals surface area contributed by atoms with E-state index < -0.39 is 17.7 Å². The largest absolute Gasteiger partial charge is 0.464 e. The molecular weight excluding hydrogens is 199 g/mol. The predicted octanol–water partition coefficient (Wildman–Crippen LogP) is 1.48. The van der Waals surface area contributed by atoms with E-state index in [1.165, 1.54) is 13.8 Å². The zero-order valence-corrected chi connectivity index (χ0v) is 8.36. The number of hydrogen-bond acceptors (Lipinski definition) is 3. The van der Waals surface area contributed by atoms with E-state index in [4.69, 9.17) is 0 Å². The summed E-state index contributed by atoms with van der Waals surface area (Å²) in [5.74, 6) is -1.30. The molecule has 3 nitrogen and oxygen atoms in total. The second-order valence-corrected chi connectivity index (χ2v) is 2.87. The Bertz CT molecular complexity index is 205. The van der Waals surface area contributed by atoms with Crippen LogP contribution in [-0.2, 0) is 9.53 Å². The van der Waals surface area contributed by atoms with Gasteiger partial charge in [-0.05, 0) is 20.4 Å². The Kier molecular flexibility index (Phi) is 4.38. The molecule has 0 aliphatic rings. The van der Waals surface area contributed by atoms with E-state index in [9.17, 15) is 18.0 Å². The summed E-state index contributed by atoms with van der Waals surface area (Å²) in [5.41, 5.74) is -2.61. The number of rotatable bonds is 4. The summed E-state index contributed by atoms with van der Waals surface area (Å²) in [6.07, 6.45) is -4.66. The van der Waals surface area contributed by atoms with Crippen LogP contribution in [0.2, 0.25) is 0 Å². The van der Waals surface area contributed by atoms with Crippen LogP contribution in [0.15, 0.2) is 0 Å². The Balaban J connectivity index is 4.80. The lowest BCUT2D eigenvalue weighted by Gasteiger charge is -2.30. The first-order chi connectivity index (χ1) is 6.29. The summed E-state index contributed by atoms with van der Waals surface area (Å²) in [6, 6.07) is 0. The second kappa shape index (κ2) is 4.63. The van der Waals surface area contributed by atoms with E-state index in [0.717, 1.165) is 6.92 Å². The molecule has 0 aromatic carbocycles. The van der Waals surface area contributed by atoms with Gasteiger partial charge in [0.05, 0.1) is 6.61 Å². The van der Waals surface area contributed by atoms with Gasteiger partial charge in [-0.1, -0.05) is 6.92 Å². The summed E-state index contributed by atoms with van der Waals surface area (Å²) in [7, 11) is 0. The third kappa shape index (κ3) is 2.60. The number of likely N-dealkylation sites (N-methyl/N-ethyl adjacent to an activating group) is 1. The maximum atomic E-state index is 12.5. The number of alkyl halides is 3. The van der Waals surface area contributed by atoms with E-state index in [1.54, 1.807) is 0 Å². The topological polar surface area (TPSA) is 38.3 Å². The van der Waals surface area contributed by atoms with Crippen molar-refractivity contribution in [1.82, 2.24) is 5.32 Å². The first kappa shape index (κ1) is 13.2. The lowest BCUT2D eigenvalue weighted by molar-refractivity contribution is -0.209. The number of esters is 1. The SMILES string of the molecule is CCNC(C)(C(=O)OCC)C(F)(F)F. The molecule has 0 amide bonds. The Morgan fingerprint density at radius 3 is 2.14 bits per heavy atom. The van der Waals surface area contributed by atoms with E-state index in [2.05, 4.69) is 10.1 Å². The van der Waals surface area contributed by atoms with Crippen LogP contribution in [0.25, 0.3) is 0 Å². The average molecular weight is 213 g/mol. The first-order valence-electron chi connectivity index (χ1n) is 4.28. The van der Waals surface area contributed by atoms with E-state index in [1.807, 2.05) is 0 Å². The molecule has 0 rings (SSSR count). The molecule has 0 fully saturated rings. The van der Waals surface area contributed by atoms with Gasteiger partial charge in [0.1, 0.15) is 0 Å². The first-order valence-corrected chi connectivity index (χ1v) is 4.28. The van der Waals surface area contributed by atoms with Crippen LogP contribution in [-0.4, -0.2) is 30.8 Å². The standard InChI is InChI=1S/C8H14F3NO2/c1-4-12-7(3,8(9,10)11)6(13)14-5-2/h12H,4-5H2,1-3H3. The minimum absolute atomic E-state index is 0.0365. The van der Waals surface area contributed by atoms with Crippen molar-refractivity contribution in [2.45, 2.75) is 32.5 Å². The monoisotopic (exact) mass is 213 g/mol. The Hall–Kier alpha value is -0.780. The van der Waals surface area contributed by atoms with Crippen LogP contribution >= 0.6 is 0 Å². The molecule has 0 spiro atoms. The van der Waals surface area contributed by atoms with Crippen molar-refractivity contribution in [1.29, 1.82) is 0 Å². The zero-order valence-electron chi connectivity index (χ0n) is 8.36. The van der Waals surface area contributed by atoms with Crippen molar-refractivity contribution >= 4 is 5.97 Å². The molecular formula is C8H14F3NO2. The van der Waals surface area contributed by atoms with Crippen LogP contribution in [0.3, 0.4) is 0 Å². The molecule has 0 aromatic rings. The third-order valence-electron chi connectivity index (χ3n) is 1.78. The van der Waals surface area contributed by atoms with Gasteiger partial charge in [-0.2, -0.15) is 13.2 Å². The van der Waals surface area contributed by atoms with Gasteiger partial charge in [-0.3, -0.25) is 5.32 Å². The van der Waals surface area contributed by atoms with Gasteiger partial charge in [-0.15, -0.1) is 0 Å². The van der Waals surface area contributed by atoms with E-state index >= 15 is 0 Å². The van der Waals surface area contributed by atoms with Gasteiger partial charge < -0.3 is 4.74 Å². The van der Waals surface area contributed by atoms with Crippen LogP contribution in [0, 0.1) is 0 Å². The molecule has 0 radical (unpaired) electrons. The smallest absolute Gasteiger partial charge is 0.417 e. The summed E-state index contributed by atoms with van der Waals surface area (Å²) >= 11 is 0. The maximum Gasteiger partial charge on any atom is 0.417 e. The zero-order chi connectivity index (χ0) is 11.4. The second-order valence-electron chi connectivity index (χ2n) is 2.87. The number of hydrogen-bond donors (Lipinski definition) is 1. The highest BCUT2D eigenvalue weighted by molar-refractivity contribution is 5.81. The van der Waals surface area contributed by atoms with Gasteiger partial charge >= 0.3 is 12.1 Å². The number of carbonyl (C=O) groups is 1. The van der Waals surface area contributed by atoms with Crippen LogP contribution < -0.4 is 5.32 Å². The van der Waals surface area contributed by atoms with Crippen molar-refractivity contribution in [3.8, 4) is 0 Å². The maximum absolute atomic E-state index is 12.5. The van der Waals surface area contributed by atoms with Gasteiger partial charge in [-0.25, -0.2) is 4.79 Å². The Morgan fingerprint density at radius 2 is 1.86 bits per heavy atom. The van der Waals surface area contributed by atoms with Crippen molar-refractivity contribution in [3.05, 3.63) is 0 Å². The van der Waals surface area contributed by atoms with Gasteiger partial charge in [0, 0.05) is 0 Å². The summed E-state index contributed by atoms with van der Waals surface area (Å²) in [5, 5.41) is 2.08. The Morgan fingerprint density at radius 1 is 1.36 bits per heavy atom. The normalized spacial score (nSPS) is 16.1. The minimum Gasteiger partial charge on any atom is -0.464 e. The molecule has 0 saturated heterocycles. The van der Waals surface area contributed by atoms with Crippen molar-refractivity contribution in [3.63, 3.8) is 0 Å². The van der Waals surface area contributed by atoms with Crippen LogP contribution in [0.1, 0.15) is 20.8 Å². The molecule has 0 bridgehead atoms. The van der Waals surface area contributed by atoms with Gasteiger partial charge in [0.25, 0.3) is 0 Å². The molecule has 0 saturated carbocycles. The quantitative estimate of drug-likeness (QED) is 0.719. The highest BCUT2D eigenvalue weighted by Gasteiger charge is 2.57. The molecule has 0 heterocycles.